The molecular formula is C15H16N2O6S2. The summed E-state index contributed by atoms with van der Waals surface area (Å²) in [5.41, 5.74) is 0.140. The molecule has 0 radical (unpaired) electrons. The number of benzene rings is 1. The van der Waals surface area contributed by atoms with Crippen LogP contribution in [0.3, 0.4) is 0 Å². The van der Waals surface area contributed by atoms with Gasteiger partial charge in [0.25, 0.3) is 11.1 Å². The Labute approximate surface area is 150 Å². The van der Waals surface area contributed by atoms with Gasteiger partial charge in [0.15, 0.2) is 6.61 Å². The second kappa shape index (κ2) is 8.77. The topological polar surface area (TPSA) is 110 Å². The minimum atomic E-state index is -1.36. The summed E-state index contributed by atoms with van der Waals surface area (Å²) in [4.78, 5) is 47.9. The van der Waals surface area contributed by atoms with Crippen LogP contribution in [0.2, 0.25) is 0 Å². The fourth-order valence-electron chi connectivity index (χ4n) is 2.05. The largest absolute Gasteiger partial charge is 0.452 e. The molecule has 8 nitrogen and oxygen atoms in total. The lowest BCUT2D eigenvalue weighted by atomic mass is 10.2. The van der Waals surface area contributed by atoms with Crippen molar-refractivity contribution in [1.29, 1.82) is 0 Å². The van der Waals surface area contributed by atoms with E-state index in [1.54, 1.807) is 18.2 Å². The number of thioether (sulfide) groups is 1. The first-order valence-electron chi connectivity index (χ1n) is 7.23. The number of hydrogen-bond donors (Lipinski definition) is 1. The van der Waals surface area contributed by atoms with Crippen LogP contribution in [-0.4, -0.2) is 63.8 Å². The van der Waals surface area contributed by atoms with Crippen molar-refractivity contribution in [1.82, 2.24) is 10.2 Å². The second-order valence-corrected chi connectivity index (χ2v) is 7.25. The maximum absolute atomic E-state index is 12.0. The number of carbonyl (C=O) groups excluding carboxylic acids is 4. The molecule has 0 bridgehead atoms. The van der Waals surface area contributed by atoms with Crippen molar-refractivity contribution < 1.29 is 28.1 Å². The predicted octanol–water partition coefficient (Wildman–Crippen LogP) is 0.392. The predicted molar refractivity (Wildman–Crippen MR) is 91.6 cm³/mol. The van der Waals surface area contributed by atoms with Crippen LogP contribution in [0.4, 0.5) is 4.79 Å². The van der Waals surface area contributed by atoms with Crippen LogP contribution >= 0.6 is 11.8 Å². The van der Waals surface area contributed by atoms with Crippen molar-refractivity contribution >= 4 is 45.6 Å². The number of imide groups is 1. The summed E-state index contributed by atoms with van der Waals surface area (Å²) in [6.45, 7) is -0.369. The summed E-state index contributed by atoms with van der Waals surface area (Å²) >= 11 is 0.918. The summed E-state index contributed by atoms with van der Waals surface area (Å²) in [6, 6.07) is 6.28. The summed E-state index contributed by atoms with van der Waals surface area (Å²) < 4.78 is 16.5. The molecule has 3 amide bonds. The number of ether oxygens (including phenoxy) is 1. The highest BCUT2D eigenvalue weighted by Gasteiger charge is 2.29. The molecule has 1 aromatic rings. The summed E-state index contributed by atoms with van der Waals surface area (Å²) in [6.07, 6.45) is 1.44. The lowest BCUT2D eigenvalue weighted by Crippen LogP contribution is -2.38. The summed E-state index contributed by atoms with van der Waals surface area (Å²) in [7, 11) is -1.36. The molecule has 0 spiro atoms. The van der Waals surface area contributed by atoms with Crippen LogP contribution in [-0.2, 0) is 25.1 Å². The first kappa shape index (κ1) is 19.1. The fourth-order valence-corrected chi connectivity index (χ4v) is 3.53. The molecule has 1 N–H and O–H groups in total. The molecule has 1 saturated heterocycles. The molecule has 1 aromatic carbocycles. The van der Waals surface area contributed by atoms with E-state index in [-0.39, 0.29) is 35.6 Å². The third kappa shape index (κ3) is 5.13. The molecule has 2 rings (SSSR count). The van der Waals surface area contributed by atoms with Crippen molar-refractivity contribution in [2.45, 2.75) is 4.90 Å². The number of hydrogen-bond acceptors (Lipinski definition) is 7. The molecule has 0 unspecified atom stereocenters. The molecule has 1 aliphatic heterocycles. The molecule has 1 atom stereocenters. The van der Waals surface area contributed by atoms with Gasteiger partial charge in [0.2, 0.25) is 5.91 Å². The second-order valence-electron chi connectivity index (χ2n) is 4.98. The minimum Gasteiger partial charge on any atom is -0.452 e. The third-order valence-corrected chi connectivity index (χ3v) is 5.08. The molecule has 10 heteroatoms. The van der Waals surface area contributed by atoms with Gasteiger partial charge in [-0.3, -0.25) is 23.5 Å². The van der Waals surface area contributed by atoms with E-state index in [0.717, 1.165) is 16.7 Å². The highest BCUT2D eigenvalue weighted by atomic mass is 32.2. The SMILES string of the molecule is C[S@](=O)c1ccccc1C(=O)OCC(=O)NCCN1C(=O)CSC1=O. The van der Waals surface area contributed by atoms with E-state index in [0.29, 0.717) is 4.90 Å². The van der Waals surface area contributed by atoms with Gasteiger partial charge in [-0.15, -0.1) is 0 Å². The normalized spacial score (nSPS) is 15.2. The number of esters is 1. The van der Waals surface area contributed by atoms with Gasteiger partial charge in [-0.25, -0.2) is 4.79 Å². The molecule has 0 aliphatic carbocycles. The number of nitrogens with zero attached hydrogens (tertiary/aromatic N) is 1. The van der Waals surface area contributed by atoms with Gasteiger partial charge in [0.1, 0.15) is 0 Å². The van der Waals surface area contributed by atoms with E-state index in [1.165, 1.54) is 12.3 Å². The van der Waals surface area contributed by atoms with Crippen molar-refractivity contribution in [2.24, 2.45) is 0 Å². The van der Waals surface area contributed by atoms with Gasteiger partial charge >= 0.3 is 5.97 Å². The molecule has 0 aromatic heterocycles. The zero-order chi connectivity index (χ0) is 18.4. The molecule has 134 valence electrons. The molecular weight excluding hydrogens is 368 g/mol. The monoisotopic (exact) mass is 384 g/mol. The minimum absolute atomic E-state index is 0.0714. The van der Waals surface area contributed by atoms with Crippen LogP contribution in [0.1, 0.15) is 10.4 Å². The van der Waals surface area contributed by atoms with Gasteiger partial charge in [-0.2, -0.15) is 0 Å². The Morgan fingerprint density at radius 3 is 2.68 bits per heavy atom. The van der Waals surface area contributed by atoms with Gasteiger partial charge < -0.3 is 10.1 Å². The van der Waals surface area contributed by atoms with Crippen LogP contribution in [0.5, 0.6) is 0 Å². The van der Waals surface area contributed by atoms with E-state index in [1.807, 2.05) is 0 Å². The van der Waals surface area contributed by atoms with Gasteiger partial charge in [-0.05, 0) is 12.1 Å². The van der Waals surface area contributed by atoms with Crippen LogP contribution in [0.15, 0.2) is 29.2 Å². The first-order valence-corrected chi connectivity index (χ1v) is 9.78. The molecule has 1 aliphatic rings. The van der Waals surface area contributed by atoms with Gasteiger partial charge in [0, 0.05) is 19.3 Å². The Hall–Kier alpha value is -2.20. The number of amides is 3. The average molecular weight is 384 g/mol. The Morgan fingerprint density at radius 2 is 2.04 bits per heavy atom. The Kier molecular flexibility index (Phi) is 6.71. The Morgan fingerprint density at radius 1 is 1.32 bits per heavy atom. The van der Waals surface area contributed by atoms with Crippen LogP contribution in [0.25, 0.3) is 0 Å². The van der Waals surface area contributed by atoms with E-state index >= 15 is 0 Å². The smallest absolute Gasteiger partial charge is 0.339 e. The maximum Gasteiger partial charge on any atom is 0.339 e. The molecule has 1 fully saturated rings. The third-order valence-electron chi connectivity index (χ3n) is 3.25. The number of rotatable bonds is 7. The zero-order valence-corrected chi connectivity index (χ0v) is 15.0. The highest BCUT2D eigenvalue weighted by Crippen LogP contribution is 2.17. The van der Waals surface area contributed by atoms with Crippen LogP contribution < -0.4 is 5.32 Å². The van der Waals surface area contributed by atoms with Crippen molar-refractivity contribution in [2.75, 3.05) is 31.7 Å². The summed E-state index contributed by atoms with van der Waals surface area (Å²) in [5, 5.41) is 2.13. The molecule has 1 heterocycles. The van der Waals surface area contributed by atoms with Crippen LogP contribution in [0, 0.1) is 0 Å². The zero-order valence-electron chi connectivity index (χ0n) is 13.4. The van der Waals surface area contributed by atoms with E-state index < -0.39 is 29.3 Å². The van der Waals surface area contributed by atoms with E-state index in [4.69, 9.17) is 4.74 Å². The van der Waals surface area contributed by atoms with Gasteiger partial charge in [-0.1, -0.05) is 23.9 Å². The maximum atomic E-state index is 12.0. The lowest BCUT2D eigenvalue weighted by molar-refractivity contribution is -0.126. The van der Waals surface area contributed by atoms with Crippen molar-refractivity contribution in [3.8, 4) is 0 Å². The molecule has 0 saturated carbocycles. The first-order chi connectivity index (χ1) is 11.9. The van der Waals surface area contributed by atoms with E-state index in [2.05, 4.69) is 5.32 Å². The highest BCUT2D eigenvalue weighted by molar-refractivity contribution is 8.14. The van der Waals surface area contributed by atoms with E-state index in [9.17, 15) is 23.4 Å². The van der Waals surface area contributed by atoms with Gasteiger partial charge in [0.05, 0.1) is 27.0 Å². The summed E-state index contributed by atoms with van der Waals surface area (Å²) in [5.74, 6) is -1.49. The number of carbonyl (C=O) groups is 4. The standard InChI is InChI=1S/C15H16N2O6S2/c1-25(22)11-5-3-2-4-10(11)14(20)23-8-12(18)16-6-7-17-13(19)9-24-15(17)21/h2-5H,6-9H2,1H3,(H,16,18)/t25-/m0/s1. The number of nitrogens with one attached hydrogen (secondary N) is 1. The Balaban J connectivity index is 1.78. The van der Waals surface area contributed by atoms with Crippen molar-refractivity contribution in [3.05, 3.63) is 29.8 Å². The lowest BCUT2D eigenvalue weighted by Gasteiger charge is -2.13. The average Bonchev–Trinajstić information content (AvgIpc) is 2.91. The fraction of sp³-hybridized carbons (Fsp3) is 0.333. The Bertz CT molecular complexity index is 720. The molecule has 25 heavy (non-hydrogen) atoms. The quantitative estimate of drug-likeness (QED) is 0.677. The van der Waals surface area contributed by atoms with Crippen molar-refractivity contribution in [3.63, 3.8) is 0 Å².